The standard InChI is InChI=1S/C6H7FN2O3S/c1-12-6-2-4(7)5(3-9-6)13(8,10)11/h2-3H,1H3,(H2,8,10,11). The summed E-state index contributed by atoms with van der Waals surface area (Å²) < 4.78 is 39.0. The van der Waals surface area contributed by atoms with Crippen molar-refractivity contribution >= 4 is 10.0 Å². The van der Waals surface area contributed by atoms with Crippen LogP contribution in [0.15, 0.2) is 17.2 Å². The number of sulfonamides is 1. The molecular formula is C6H7FN2O3S. The SMILES string of the molecule is COc1cc(F)c(S(N)(=O)=O)cn1. The Morgan fingerprint density at radius 3 is 2.62 bits per heavy atom. The summed E-state index contributed by atoms with van der Waals surface area (Å²) in [6.07, 6.45) is 0.809. The molecule has 1 aromatic rings. The van der Waals surface area contributed by atoms with Gasteiger partial charge in [0, 0.05) is 6.07 Å². The van der Waals surface area contributed by atoms with Crippen LogP contribution in [-0.4, -0.2) is 20.5 Å². The Morgan fingerprint density at radius 2 is 2.23 bits per heavy atom. The van der Waals surface area contributed by atoms with Crippen LogP contribution >= 0.6 is 0 Å². The number of nitrogens with two attached hydrogens (primary N) is 1. The molecule has 13 heavy (non-hydrogen) atoms. The van der Waals surface area contributed by atoms with E-state index in [4.69, 9.17) is 5.14 Å². The molecule has 7 heteroatoms. The Balaban J connectivity index is 3.29. The lowest BCUT2D eigenvalue weighted by molar-refractivity contribution is 0.392. The Labute approximate surface area is 74.4 Å². The summed E-state index contributed by atoms with van der Waals surface area (Å²) >= 11 is 0. The molecule has 0 saturated carbocycles. The highest BCUT2D eigenvalue weighted by Gasteiger charge is 2.15. The zero-order valence-corrected chi connectivity index (χ0v) is 7.51. The zero-order valence-electron chi connectivity index (χ0n) is 6.69. The quantitative estimate of drug-likeness (QED) is 0.731. The molecule has 0 aliphatic heterocycles. The Morgan fingerprint density at radius 1 is 1.62 bits per heavy atom. The summed E-state index contributed by atoms with van der Waals surface area (Å²) in [5.74, 6) is -0.987. The number of hydrogen-bond acceptors (Lipinski definition) is 4. The summed E-state index contributed by atoms with van der Waals surface area (Å²) in [5.41, 5.74) is 0. The van der Waals surface area contributed by atoms with Gasteiger partial charge in [-0.2, -0.15) is 0 Å². The molecule has 1 aromatic heterocycles. The van der Waals surface area contributed by atoms with Crippen LogP contribution in [0, 0.1) is 5.82 Å². The molecule has 0 bridgehead atoms. The van der Waals surface area contributed by atoms with Gasteiger partial charge < -0.3 is 4.74 Å². The first-order valence-corrected chi connectivity index (χ1v) is 4.72. The first-order chi connectivity index (χ1) is 5.95. The largest absolute Gasteiger partial charge is 0.481 e. The van der Waals surface area contributed by atoms with Gasteiger partial charge in [0.25, 0.3) is 0 Å². The summed E-state index contributed by atoms with van der Waals surface area (Å²) in [6.45, 7) is 0. The average molecular weight is 206 g/mol. The van der Waals surface area contributed by atoms with Gasteiger partial charge in [0.15, 0.2) is 0 Å². The first kappa shape index (κ1) is 9.87. The fourth-order valence-electron chi connectivity index (χ4n) is 0.722. The number of pyridine rings is 1. The topological polar surface area (TPSA) is 82.3 Å². The Bertz CT molecular complexity index is 418. The van der Waals surface area contributed by atoms with E-state index in [1.807, 2.05) is 0 Å². The fraction of sp³-hybridized carbons (Fsp3) is 0.167. The van der Waals surface area contributed by atoms with Gasteiger partial charge in [-0.15, -0.1) is 0 Å². The number of primary sulfonamides is 1. The van der Waals surface area contributed by atoms with Gasteiger partial charge in [-0.05, 0) is 0 Å². The molecule has 1 heterocycles. The number of aromatic nitrogens is 1. The molecule has 0 aliphatic carbocycles. The van der Waals surface area contributed by atoms with Crippen LogP contribution in [0.2, 0.25) is 0 Å². The third-order valence-corrected chi connectivity index (χ3v) is 2.22. The monoisotopic (exact) mass is 206 g/mol. The molecule has 2 N–H and O–H groups in total. The van der Waals surface area contributed by atoms with E-state index >= 15 is 0 Å². The molecule has 0 aromatic carbocycles. The van der Waals surface area contributed by atoms with Crippen LogP contribution in [-0.2, 0) is 10.0 Å². The Kier molecular flexibility index (Phi) is 2.48. The summed E-state index contributed by atoms with van der Waals surface area (Å²) in [5, 5.41) is 4.70. The summed E-state index contributed by atoms with van der Waals surface area (Å²) in [4.78, 5) is 2.86. The van der Waals surface area contributed by atoms with Gasteiger partial charge >= 0.3 is 0 Å². The molecule has 0 fully saturated rings. The lowest BCUT2D eigenvalue weighted by Gasteiger charge is -2.01. The molecule has 1 rings (SSSR count). The maximum absolute atomic E-state index is 13.0. The van der Waals surface area contributed by atoms with E-state index < -0.39 is 20.7 Å². The van der Waals surface area contributed by atoms with E-state index in [0.717, 1.165) is 12.3 Å². The van der Waals surface area contributed by atoms with Crippen molar-refractivity contribution in [1.82, 2.24) is 4.98 Å². The normalized spacial score (nSPS) is 11.3. The molecular weight excluding hydrogens is 199 g/mol. The van der Waals surface area contributed by atoms with Crippen molar-refractivity contribution in [3.05, 3.63) is 18.1 Å². The van der Waals surface area contributed by atoms with E-state index in [1.165, 1.54) is 7.11 Å². The number of halogens is 1. The predicted molar refractivity (Wildman–Crippen MR) is 42.1 cm³/mol. The third-order valence-electron chi connectivity index (χ3n) is 1.31. The maximum atomic E-state index is 13.0. The molecule has 0 amide bonds. The van der Waals surface area contributed by atoms with Gasteiger partial charge in [0.2, 0.25) is 15.9 Å². The minimum absolute atomic E-state index is 0.00935. The van der Waals surface area contributed by atoms with Crippen LogP contribution in [0.3, 0.4) is 0 Å². The maximum Gasteiger partial charge on any atom is 0.242 e. The minimum atomic E-state index is -4.05. The highest BCUT2D eigenvalue weighted by molar-refractivity contribution is 7.89. The van der Waals surface area contributed by atoms with Crippen LogP contribution in [0.1, 0.15) is 0 Å². The van der Waals surface area contributed by atoms with Gasteiger partial charge in [-0.3, -0.25) is 0 Å². The van der Waals surface area contributed by atoms with Crippen molar-refractivity contribution in [3.8, 4) is 5.88 Å². The van der Waals surface area contributed by atoms with Gasteiger partial charge in [-0.25, -0.2) is 22.9 Å². The number of nitrogens with zero attached hydrogens (tertiary/aromatic N) is 1. The molecule has 0 spiro atoms. The summed E-state index contributed by atoms with van der Waals surface area (Å²) in [7, 11) is -2.76. The van der Waals surface area contributed by atoms with Crippen LogP contribution in [0.5, 0.6) is 5.88 Å². The van der Waals surface area contributed by atoms with Crippen molar-refractivity contribution in [3.63, 3.8) is 0 Å². The van der Waals surface area contributed by atoms with E-state index in [9.17, 15) is 12.8 Å². The second-order valence-corrected chi connectivity index (χ2v) is 3.73. The smallest absolute Gasteiger partial charge is 0.242 e. The van der Waals surface area contributed by atoms with E-state index in [2.05, 4.69) is 9.72 Å². The van der Waals surface area contributed by atoms with Crippen molar-refractivity contribution in [2.75, 3.05) is 7.11 Å². The van der Waals surface area contributed by atoms with Gasteiger partial charge in [0.1, 0.15) is 10.7 Å². The zero-order chi connectivity index (χ0) is 10.1. The summed E-state index contributed by atoms with van der Waals surface area (Å²) in [6, 6.07) is 0.847. The van der Waals surface area contributed by atoms with Gasteiger partial charge in [0.05, 0.1) is 13.3 Å². The van der Waals surface area contributed by atoms with E-state index in [1.54, 1.807) is 0 Å². The number of methoxy groups -OCH3 is 1. The molecule has 0 aliphatic rings. The molecule has 72 valence electrons. The lowest BCUT2D eigenvalue weighted by Crippen LogP contribution is -2.14. The molecule has 0 saturated heterocycles. The Hall–Kier alpha value is -1.21. The van der Waals surface area contributed by atoms with E-state index in [-0.39, 0.29) is 5.88 Å². The first-order valence-electron chi connectivity index (χ1n) is 3.17. The minimum Gasteiger partial charge on any atom is -0.481 e. The highest BCUT2D eigenvalue weighted by atomic mass is 32.2. The lowest BCUT2D eigenvalue weighted by atomic mass is 10.4. The number of ether oxygens (including phenoxy) is 1. The molecule has 0 radical (unpaired) electrons. The average Bonchev–Trinajstić information content (AvgIpc) is 2.01. The highest BCUT2D eigenvalue weighted by Crippen LogP contribution is 2.15. The molecule has 0 unspecified atom stereocenters. The van der Waals surface area contributed by atoms with Crippen molar-refractivity contribution in [2.45, 2.75) is 4.90 Å². The second kappa shape index (κ2) is 3.27. The van der Waals surface area contributed by atoms with E-state index in [0.29, 0.717) is 0 Å². The molecule has 0 atom stereocenters. The third kappa shape index (κ3) is 2.13. The number of hydrogen-bond donors (Lipinski definition) is 1. The molecule has 5 nitrogen and oxygen atoms in total. The predicted octanol–water partition coefficient (Wildman–Crippen LogP) is -0.123. The van der Waals surface area contributed by atoms with Crippen molar-refractivity contribution in [1.29, 1.82) is 0 Å². The number of rotatable bonds is 2. The fourth-order valence-corrected chi connectivity index (χ4v) is 1.25. The van der Waals surface area contributed by atoms with Crippen LogP contribution in [0.4, 0.5) is 4.39 Å². The van der Waals surface area contributed by atoms with Crippen molar-refractivity contribution < 1.29 is 17.5 Å². The van der Waals surface area contributed by atoms with Crippen molar-refractivity contribution in [2.24, 2.45) is 5.14 Å². The second-order valence-electron chi connectivity index (χ2n) is 2.20. The van der Waals surface area contributed by atoms with Crippen LogP contribution < -0.4 is 9.88 Å². The van der Waals surface area contributed by atoms with Gasteiger partial charge in [-0.1, -0.05) is 0 Å². The van der Waals surface area contributed by atoms with Crippen LogP contribution in [0.25, 0.3) is 0 Å².